The highest BCUT2D eigenvalue weighted by Crippen LogP contribution is 2.37. The molecule has 0 aromatic heterocycles. The van der Waals surface area contributed by atoms with Crippen LogP contribution in [0.5, 0.6) is 0 Å². The van der Waals surface area contributed by atoms with E-state index in [1.807, 2.05) is 36.1 Å². The Morgan fingerprint density at radius 3 is 2.65 bits per heavy atom. The number of rotatable bonds is 1. The van der Waals surface area contributed by atoms with Crippen molar-refractivity contribution in [1.82, 2.24) is 10.2 Å². The van der Waals surface area contributed by atoms with E-state index in [9.17, 15) is 4.79 Å². The van der Waals surface area contributed by atoms with E-state index in [-0.39, 0.29) is 11.4 Å². The minimum atomic E-state index is 0.178. The van der Waals surface area contributed by atoms with E-state index < -0.39 is 0 Å². The lowest BCUT2D eigenvalue weighted by atomic mass is 10.1. The molecule has 0 atom stereocenters. The minimum Gasteiger partial charge on any atom is -0.336 e. The number of amides is 1. The Morgan fingerprint density at radius 1 is 1.29 bits per heavy atom. The molecule has 0 radical (unpaired) electrons. The highest BCUT2D eigenvalue weighted by Gasteiger charge is 2.46. The molecule has 1 saturated carbocycles. The van der Waals surface area contributed by atoms with Crippen molar-refractivity contribution in [3.8, 4) is 0 Å². The Morgan fingerprint density at radius 2 is 2.00 bits per heavy atom. The summed E-state index contributed by atoms with van der Waals surface area (Å²) >= 11 is 0. The molecular weight excluding hydrogens is 212 g/mol. The number of carbonyl (C=O) groups is 1. The van der Waals surface area contributed by atoms with Crippen LogP contribution in [0.3, 0.4) is 0 Å². The zero-order chi connectivity index (χ0) is 11.9. The van der Waals surface area contributed by atoms with Gasteiger partial charge in [-0.05, 0) is 31.9 Å². The van der Waals surface area contributed by atoms with Crippen LogP contribution in [0.2, 0.25) is 0 Å². The lowest BCUT2D eigenvalue weighted by molar-refractivity contribution is 0.0691. The summed E-state index contributed by atoms with van der Waals surface area (Å²) in [4.78, 5) is 14.3. The van der Waals surface area contributed by atoms with Crippen LogP contribution in [0.4, 0.5) is 0 Å². The molecule has 2 aliphatic rings. The summed E-state index contributed by atoms with van der Waals surface area (Å²) in [6.07, 6.45) is 2.43. The molecule has 2 fully saturated rings. The van der Waals surface area contributed by atoms with Gasteiger partial charge in [0.25, 0.3) is 5.91 Å². The van der Waals surface area contributed by atoms with Crippen molar-refractivity contribution in [2.45, 2.75) is 25.3 Å². The first-order valence-electron chi connectivity index (χ1n) is 6.30. The predicted molar refractivity (Wildman–Crippen MR) is 67.1 cm³/mol. The van der Waals surface area contributed by atoms with Crippen molar-refractivity contribution >= 4 is 5.91 Å². The Bertz CT molecular complexity index is 434. The van der Waals surface area contributed by atoms with Crippen LogP contribution in [0.25, 0.3) is 0 Å². The standard InChI is InChI=1S/C14H18N2O/c1-11-2-4-12(5-3-11)13(17)16-9-8-15-14(10-16)6-7-14/h2-5,15H,6-10H2,1H3. The fraction of sp³-hybridized carbons (Fsp3) is 0.500. The van der Waals surface area contributed by atoms with Crippen molar-refractivity contribution < 1.29 is 4.79 Å². The molecule has 17 heavy (non-hydrogen) atoms. The van der Waals surface area contributed by atoms with Crippen LogP contribution in [0, 0.1) is 6.92 Å². The lowest BCUT2D eigenvalue weighted by Crippen LogP contribution is -2.54. The SMILES string of the molecule is Cc1ccc(C(=O)N2CCNC3(CC3)C2)cc1. The molecule has 1 amide bonds. The highest BCUT2D eigenvalue weighted by molar-refractivity contribution is 5.94. The number of aryl methyl sites for hydroxylation is 1. The van der Waals surface area contributed by atoms with E-state index in [0.29, 0.717) is 0 Å². The molecule has 3 nitrogen and oxygen atoms in total. The van der Waals surface area contributed by atoms with Gasteiger partial charge < -0.3 is 10.2 Å². The fourth-order valence-corrected chi connectivity index (χ4v) is 2.49. The van der Waals surface area contributed by atoms with Gasteiger partial charge in [-0.3, -0.25) is 4.79 Å². The maximum atomic E-state index is 12.3. The van der Waals surface area contributed by atoms with Gasteiger partial charge in [-0.25, -0.2) is 0 Å². The first-order valence-corrected chi connectivity index (χ1v) is 6.30. The molecule has 1 spiro atoms. The number of nitrogens with zero attached hydrogens (tertiary/aromatic N) is 1. The van der Waals surface area contributed by atoms with E-state index in [1.54, 1.807) is 0 Å². The molecule has 1 aromatic rings. The van der Waals surface area contributed by atoms with Gasteiger partial charge in [-0.2, -0.15) is 0 Å². The second-order valence-corrected chi connectivity index (χ2v) is 5.30. The summed E-state index contributed by atoms with van der Waals surface area (Å²) < 4.78 is 0. The monoisotopic (exact) mass is 230 g/mol. The zero-order valence-corrected chi connectivity index (χ0v) is 10.2. The van der Waals surface area contributed by atoms with Crippen molar-refractivity contribution in [3.05, 3.63) is 35.4 Å². The van der Waals surface area contributed by atoms with E-state index in [4.69, 9.17) is 0 Å². The normalized spacial score (nSPS) is 21.6. The summed E-state index contributed by atoms with van der Waals surface area (Å²) in [6, 6.07) is 7.86. The average Bonchev–Trinajstić information content (AvgIpc) is 3.08. The summed E-state index contributed by atoms with van der Waals surface area (Å²) in [6.45, 7) is 4.67. The van der Waals surface area contributed by atoms with Gasteiger partial charge in [0.2, 0.25) is 0 Å². The summed E-state index contributed by atoms with van der Waals surface area (Å²) in [5, 5.41) is 3.52. The summed E-state index contributed by atoms with van der Waals surface area (Å²) in [7, 11) is 0. The summed E-state index contributed by atoms with van der Waals surface area (Å²) in [5.41, 5.74) is 2.27. The largest absolute Gasteiger partial charge is 0.336 e. The van der Waals surface area contributed by atoms with Crippen molar-refractivity contribution in [2.24, 2.45) is 0 Å². The van der Waals surface area contributed by atoms with Crippen molar-refractivity contribution in [1.29, 1.82) is 0 Å². The Hall–Kier alpha value is -1.35. The molecule has 1 aliphatic carbocycles. The molecule has 3 rings (SSSR count). The first-order chi connectivity index (χ1) is 8.19. The maximum absolute atomic E-state index is 12.3. The van der Waals surface area contributed by atoms with Crippen LogP contribution in [0.15, 0.2) is 24.3 Å². The van der Waals surface area contributed by atoms with Crippen molar-refractivity contribution in [2.75, 3.05) is 19.6 Å². The minimum absolute atomic E-state index is 0.178. The zero-order valence-electron chi connectivity index (χ0n) is 10.2. The second-order valence-electron chi connectivity index (χ2n) is 5.30. The van der Waals surface area contributed by atoms with Gasteiger partial charge >= 0.3 is 0 Å². The maximum Gasteiger partial charge on any atom is 0.253 e. The van der Waals surface area contributed by atoms with Crippen LogP contribution >= 0.6 is 0 Å². The average molecular weight is 230 g/mol. The van der Waals surface area contributed by atoms with Crippen molar-refractivity contribution in [3.63, 3.8) is 0 Å². The van der Waals surface area contributed by atoms with Gasteiger partial charge in [0.15, 0.2) is 0 Å². The van der Waals surface area contributed by atoms with Crippen LogP contribution in [-0.2, 0) is 0 Å². The van der Waals surface area contributed by atoms with Gasteiger partial charge in [-0.1, -0.05) is 17.7 Å². The molecule has 90 valence electrons. The van der Waals surface area contributed by atoms with E-state index in [0.717, 1.165) is 25.2 Å². The second kappa shape index (κ2) is 3.84. The van der Waals surface area contributed by atoms with E-state index >= 15 is 0 Å². The Balaban J connectivity index is 1.75. The third-order valence-corrected chi connectivity index (χ3v) is 3.81. The molecule has 0 unspecified atom stereocenters. The molecule has 1 saturated heterocycles. The number of nitrogens with one attached hydrogen (secondary N) is 1. The smallest absolute Gasteiger partial charge is 0.253 e. The van der Waals surface area contributed by atoms with Gasteiger partial charge in [-0.15, -0.1) is 0 Å². The fourth-order valence-electron chi connectivity index (χ4n) is 2.49. The highest BCUT2D eigenvalue weighted by atomic mass is 16.2. The quantitative estimate of drug-likeness (QED) is 0.794. The number of hydrogen-bond donors (Lipinski definition) is 1. The topological polar surface area (TPSA) is 32.3 Å². The molecule has 3 heteroatoms. The third-order valence-electron chi connectivity index (χ3n) is 3.81. The molecular formula is C14H18N2O. The van der Waals surface area contributed by atoms with Crippen LogP contribution in [0.1, 0.15) is 28.8 Å². The number of piperazine rings is 1. The Kier molecular flexibility index (Phi) is 2.44. The van der Waals surface area contributed by atoms with E-state index in [2.05, 4.69) is 5.32 Å². The Labute approximate surface area is 102 Å². The van der Waals surface area contributed by atoms with Gasteiger partial charge in [0.1, 0.15) is 0 Å². The third kappa shape index (κ3) is 2.07. The molecule has 1 N–H and O–H groups in total. The van der Waals surface area contributed by atoms with Gasteiger partial charge in [0, 0.05) is 30.7 Å². The number of carbonyl (C=O) groups excluding carboxylic acids is 1. The van der Waals surface area contributed by atoms with Crippen LogP contribution < -0.4 is 5.32 Å². The molecule has 1 aliphatic heterocycles. The number of hydrogen-bond acceptors (Lipinski definition) is 2. The molecule has 1 aromatic carbocycles. The number of benzene rings is 1. The predicted octanol–water partition coefficient (Wildman–Crippen LogP) is 1.57. The summed E-state index contributed by atoms with van der Waals surface area (Å²) in [5.74, 6) is 0.178. The molecule has 1 heterocycles. The first kappa shape index (κ1) is 10.8. The van der Waals surface area contributed by atoms with E-state index in [1.165, 1.54) is 18.4 Å². The molecule has 0 bridgehead atoms. The lowest BCUT2D eigenvalue weighted by Gasteiger charge is -2.34. The van der Waals surface area contributed by atoms with Gasteiger partial charge in [0.05, 0.1) is 0 Å². The van der Waals surface area contributed by atoms with Crippen LogP contribution in [-0.4, -0.2) is 36.0 Å².